The average Bonchev–Trinajstić information content (AvgIpc) is 2.63. The highest BCUT2D eigenvalue weighted by atomic mass is 16.2. The molecule has 4 amide bonds. The summed E-state index contributed by atoms with van der Waals surface area (Å²) >= 11 is 0. The molecule has 0 aliphatic carbocycles. The number of rotatable bonds is 1. The molecule has 0 radical (unpaired) electrons. The predicted octanol–water partition coefficient (Wildman–Crippen LogP) is -0.330. The Hall–Kier alpha value is -2.70. The van der Waals surface area contributed by atoms with Crippen LogP contribution in [0.25, 0.3) is 0 Å². The van der Waals surface area contributed by atoms with Gasteiger partial charge >= 0.3 is 0 Å². The van der Waals surface area contributed by atoms with Crippen LogP contribution >= 0.6 is 0 Å². The molecule has 1 aromatic rings. The Balaban J connectivity index is 1.97. The molecule has 3 rings (SSSR count). The lowest BCUT2D eigenvalue weighted by atomic mass is 10.0. The van der Waals surface area contributed by atoms with E-state index in [0.29, 0.717) is 5.69 Å². The fourth-order valence-corrected chi connectivity index (χ4v) is 2.49. The molecule has 1 atom stereocenters. The van der Waals surface area contributed by atoms with Crippen LogP contribution < -0.4 is 11.1 Å². The molecule has 102 valence electrons. The molecule has 7 heteroatoms. The number of nitrogen functional groups attached to an aromatic ring is 1. The van der Waals surface area contributed by atoms with Crippen LogP contribution in [0.2, 0.25) is 0 Å². The van der Waals surface area contributed by atoms with E-state index < -0.39 is 29.7 Å². The molecule has 0 unspecified atom stereocenters. The lowest BCUT2D eigenvalue weighted by molar-refractivity contribution is -0.136. The Kier molecular flexibility index (Phi) is 2.56. The van der Waals surface area contributed by atoms with E-state index >= 15 is 0 Å². The maximum Gasteiger partial charge on any atom is 0.262 e. The van der Waals surface area contributed by atoms with E-state index in [4.69, 9.17) is 5.73 Å². The number of nitrogens with two attached hydrogens (primary N) is 1. The molecule has 3 N–H and O–H groups in total. The number of hydrogen-bond acceptors (Lipinski definition) is 5. The summed E-state index contributed by atoms with van der Waals surface area (Å²) in [7, 11) is 0. The number of hydrogen-bond donors (Lipinski definition) is 2. The highest BCUT2D eigenvalue weighted by molar-refractivity contribution is 6.23. The van der Waals surface area contributed by atoms with Gasteiger partial charge in [0.05, 0.1) is 11.1 Å². The SMILES string of the molecule is Nc1ccc2c(c1)C(=O)N([C@H]1CCC(=O)NC1=O)C2=O. The van der Waals surface area contributed by atoms with Gasteiger partial charge in [0.1, 0.15) is 6.04 Å². The number of carbonyl (C=O) groups excluding carboxylic acids is 4. The first-order valence-electron chi connectivity index (χ1n) is 6.10. The number of imide groups is 2. The van der Waals surface area contributed by atoms with Crippen LogP contribution in [0.15, 0.2) is 18.2 Å². The Morgan fingerprint density at radius 1 is 1.10 bits per heavy atom. The number of carbonyl (C=O) groups is 4. The number of fused-ring (bicyclic) bond motifs is 1. The van der Waals surface area contributed by atoms with Gasteiger partial charge in [-0.1, -0.05) is 0 Å². The summed E-state index contributed by atoms with van der Waals surface area (Å²) in [6.45, 7) is 0. The van der Waals surface area contributed by atoms with Crippen molar-refractivity contribution in [1.29, 1.82) is 0 Å². The van der Waals surface area contributed by atoms with Gasteiger partial charge in [-0.25, -0.2) is 0 Å². The zero-order chi connectivity index (χ0) is 14.4. The first-order valence-corrected chi connectivity index (χ1v) is 6.10. The van der Waals surface area contributed by atoms with Crippen molar-refractivity contribution in [3.63, 3.8) is 0 Å². The van der Waals surface area contributed by atoms with Gasteiger partial charge < -0.3 is 5.73 Å². The molecule has 0 saturated carbocycles. The summed E-state index contributed by atoms with van der Waals surface area (Å²) in [6, 6.07) is 3.47. The van der Waals surface area contributed by atoms with E-state index in [9.17, 15) is 19.2 Å². The normalized spacial score (nSPS) is 22.0. The van der Waals surface area contributed by atoms with Crippen LogP contribution in [0.3, 0.4) is 0 Å². The number of nitrogens with one attached hydrogen (secondary N) is 1. The van der Waals surface area contributed by atoms with E-state index in [2.05, 4.69) is 5.32 Å². The second-order valence-corrected chi connectivity index (χ2v) is 4.75. The maximum atomic E-state index is 12.3. The zero-order valence-corrected chi connectivity index (χ0v) is 10.4. The monoisotopic (exact) mass is 273 g/mol. The van der Waals surface area contributed by atoms with Crippen molar-refractivity contribution in [3.8, 4) is 0 Å². The number of benzene rings is 1. The molecule has 0 aromatic heterocycles. The fraction of sp³-hybridized carbons (Fsp3) is 0.231. The molecule has 2 aliphatic heterocycles. The van der Waals surface area contributed by atoms with Crippen LogP contribution in [0.4, 0.5) is 5.69 Å². The first kappa shape index (κ1) is 12.3. The molecular weight excluding hydrogens is 262 g/mol. The first-order chi connectivity index (χ1) is 9.49. The van der Waals surface area contributed by atoms with Gasteiger partial charge in [0, 0.05) is 12.1 Å². The number of piperidine rings is 1. The van der Waals surface area contributed by atoms with Gasteiger partial charge in [-0.3, -0.25) is 29.4 Å². The minimum Gasteiger partial charge on any atom is -0.399 e. The van der Waals surface area contributed by atoms with Gasteiger partial charge in [0.2, 0.25) is 11.8 Å². The fourth-order valence-electron chi connectivity index (χ4n) is 2.49. The van der Waals surface area contributed by atoms with Crippen LogP contribution in [0.1, 0.15) is 33.6 Å². The Labute approximate surface area is 113 Å². The number of nitrogens with zero attached hydrogens (tertiary/aromatic N) is 1. The van der Waals surface area contributed by atoms with Crippen molar-refractivity contribution < 1.29 is 19.2 Å². The molecule has 1 aromatic carbocycles. The van der Waals surface area contributed by atoms with Crippen LogP contribution in [0, 0.1) is 0 Å². The minimum absolute atomic E-state index is 0.103. The molecular formula is C13H11N3O4. The summed E-state index contributed by atoms with van der Waals surface area (Å²) < 4.78 is 0. The van der Waals surface area contributed by atoms with Crippen LogP contribution in [-0.2, 0) is 9.59 Å². The average molecular weight is 273 g/mol. The minimum atomic E-state index is -0.943. The summed E-state index contributed by atoms with van der Waals surface area (Å²) in [4.78, 5) is 48.3. The van der Waals surface area contributed by atoms with Crippen molar-refractivity contribution in [1.82, 2.24) is 10.2 Å². The van der Waals surface area contributed by atoms with Crippen LogP contribution in [-0.4, -0.2) is 34.6 Å². The zero-order valence-electron chi connectivity index (χ0n) is 10.4. The molecule has 7 nitrogen and oxygen atoms in total. The smallest absolute Gasteiger partial charge is 0.262 e. The second-order valence-electron chi connectivity index (χ2n) is 4.75. The van der Waals surface area contributed by atoms with Crippen molar-refractivity contribution in [2.75, 3.05) is 5.73 Å². The lowest BCUT2D eigenvalue weighted by Crippen LogP contribution is -2.54. The molecule has 2 heterocycles. The predicted molar refractivity (Wildman–Crippen MR) is 67.5 cm³/mol. The topological polar surface area (TPSA) is 110 Å². The van der Waals surface area contributed by atoms with Gasteiger partial charge in [0.25, 0.3) is 11.8 Å². The lowest BCUT2D eigenvalue weighted by Gasteiger charge is -2.27. The largest absolute Gasteiger partial charge is 0.399 e. The highest BCUT2D eigenvalue weighted by Crippen LogP contribution is 2.28. The maximum absolute atomic E-state index is 12.3. The molecule has 2 aliphatic rings. The van der Waals surface area contributed by atoms with Crippen molar-refractivity contribution in [2.24, 2.45) is 0 Å². The summed E-state index contributed by atoms with van der Waals surface area (Å²) in [6.07, 6.45) is 0.248. The van der Waals surface area contributed by atoms with Gasteiger partial charge in [-0.15, -0.1) is 0 Å². The molecule has 1 saturated heterocycles. The quantitative estimate of drug-likeness (QED) is 0.538. The van der Waals surface area contributed by atoms with E-state index in [1.165, 1.54) is 18.2 Å². The third-order valence-electron chi connectivity index (χ3n) is 3.46. The van der Waals surface area contributed by atoms with Gasteiger partial charge in [-0.2, -0.15) is 0 Å². The highest BCUT2D eigenvalue weighted by Gasteiger charge is 2.44. The number of anilines is 1. The number of amides is 4. The van der Waals surface area contributed by atoms with Crippen molar-refractivity contribution >= 4 is 29.3 Å². The summed E-state index contributed by atoms with van der Waals surface area (Å²) in [5, 5.41) is 2.14. The summed E-state index contributed by atoms with van der Waals surface area (Å²) in [5.74, 6) is -2.10. The third kappa shape index (κ3) is 1.67. The molecule has 20 heavy (non-hydrogen) atoms. The molecule has 1 fully saturated rings. The van der Waals surface area contributed by atoms with E-state index in [0.717, 1.165) is 4.90 Å². The van der Waals surface area contributed by atoms with Crippen LogP contribution in [0.5, 0.6) is 0 Å². The van der Waals surface area contributed by atoms with E-state index in [1.807, 2.05) is 0 Å². The van der Waals surface area contributed by atoms with Gasteiger partial charge in [-0.05, 0) is 24.6 Å². The van der Waals surface area contributed by atoms with Crippen molar-refractivity contribution in [3.05, 3.63) is 29.3 Å². The second kappa shape index (κ2) is 4.16. The summed E-state index contributed by atoms with van der Waals surface area (Å²) in [5.41, 5.74) is 6.40. The Morgan fingerprint density at radius 2 is 1.80 bits per heavy atom. The van der Waals surface area contributed by atoms with E-state index in [-0.39, 0.29) is 24.0 Å². The van der Waals surface area contributed by atoms with Gasteiger partial charge in [0.15, 0.2) is 0 Å². The van der Waals surface area contributed by atoms with Crippen molar-refractivity contribution in [2.45, 2.75) is 18.9 Å². The Bertz CT molecular complexity index is 668. The third-order valence-corrected chi connectivity index (χ3v) is 3.46. The van der Waals surface area contributed by atoms with E-state index in [1.54, 1.807) is 0 Å². The standard InChI is InChI=1S/C13H11N3O4/c14-6-1-2-7-8(5-6)13(20)16(12(7)19)9-3-4-10(17)15-11(9)18/h1-2,5,9H,3-4,14H2,(H,15,17,18)/t9-/m0/s1. The molecule has 0 bridgehead atoms. The molecule has 0 spiro atoms. The Morgan fingerprint density at radius 3 is 2.50 bits per heavy atom.